The van der Waals surface area contributed by atoms with Crippen molar-refractivity contribution in [3.63, 3.8) is 0 Å². The molecule has 1 heterocycles. The number of rotatable bonds is 10. The molecule has 0 radical (unpaired) electrons. The third-order valence-electron chi connectivity index (χ3n) is 2.90. The number of likely N-dealkylation sites (N-methyl/N-ethyl adjacent to an activating group) is 1. The van der Waals surface area contributed by atoms with Crippen molar-refractivity contribution in [2.75, 3.05) is 33.4 Å². The van der Waals surface area contributed by atoms with Gasteiger partial charge in [-0.25, -0.2) is 0 Å². The molecule has 19 heavy (non-hydrogen) atoms. The fourth-order valence-electron chi connectivity index (χ4n) is 1.79. The number of ether oxygens (including phenoxy) is 1. The zero-order valence-electron chi connectivity index (χ0n) is 12.6. The van der Waals surface area contributed by atoms with Gasteiger partial charge in [0.15, 0.2) is 5.76 Å². The smallest absolute Gasteiger partial charge is 0.151 e. The molecular formula is C14H27N3O2. The first-order valence-electron chi connectivity index (χ1n) is 7.02. The van der Waals surface area contributed by atoms with Crippen LogP contribution < -0.4 is 5.32 Å². The molecule has 5 nitrogen and oxygen atoms in total. The monoisotopic (exact) mass is 269 g/mol. The van der Waals surface area contributed by atoms with Gasteiger partial charge in [-0.2, -0.15) is 0 Å². The average Bonchev–Trinajstić information content (AvgIpc) is 2.81. The van der Waals surface area contributed by atoms with Crippen LogP contribution in [0.2, 0.25) is 0 Å². The summed E-state index contributed by atoms with van der Waals surface area (Å²) < 4.78 is 10.5. The van der Waals surface area contributed by atoms with Gasteiger partial charge >= 0.3 is 0 Å². The van der Waals surface area contributed by atoms with Crippen LogP contribution in [0.3, 0.4) is 0 Å². The van der Waals surface area contributed by atoms with Gasteiger partial charge in [0.25, 0.3) is 0 Å². The molecule has 0 saturated carbocycles. The Morgan fingerprint density at radius 1 is 1.47 bits per heavy atom. The van der Waals surface area contributed by atoms with E-state index >= 15 is 0 Å². The van der Waals surface area contributed by atoms with Crippen molar-refractivity contribution in [1.29, 1.82) is 0 Å². The SMILES string of the molecule is CCN(CCOC)Cc1cc(CNCC(C)C)no1. The van der Waals surface area contributed by atoms with E-state index in [1.807, 2.05) is 6.07 Å². The van der Waals surface area contributed by atoms with Gasteiger partial charge in [0, 0.05) is 26.3 Å². The lowest BCUT2D eigenvalue weighted by molar-refractivity contribution is 0.141. The zero-order chi connectivity index (χ0) is 14.1. The molecule has 110 valence electrons. The summed E-state index contributed by atoms with van der Waals surface area (Å²) >= 11 is 0. The van der Waals surface area contributed by atoms with E-state index in [4.69, 9.17) is 9.26 Å². The minimum Gasteiger partial charge on any atom is -0.383 e. The number of hydrogen-bond donors (Lipinski definition) is 1. The van der Waals surface area contributed by atoms with E-state index < -0.39 is 0 Å². The lowest BCUT2D eigenvalue weighted by Crippen LogP contribution is -2.26. The van der Waals surface area contributed by atoms with Crippen molar-refractivity contribution in [2.45, 2.75) is 33.9 Å². The van der Waals surface area contributed by atoms with Crippen LogP contribution >= 0.6 is 0 Å². The maximum absolute atomic E-state index is 5.36. The van der Waals surface area contributed by atoms with Crippen LogP contribution in [0.25, 0.3) is 0 Å². The second kappa shape index (κ2) is 9.07. The van der Waals surface area contributed by atoms with Crippen LogP contribution in [0, 0.1) is 5.92 Å². The molecule has 1 aromatic heterocycles. The van der Waals surface area contributed by atoms with Gasteiger partial charge in [-0.3, -0.25) is 4.90 Å². The van der Waals surface area contributed by atoms with E-state index in [9.17, 15) is 0 Å². The summed E-state index contributed by atoms with van der Waals surface area (Å²) in [5, 5.41) is 7.45. The number of hydrogen-bond acceptors (Lipinski definition) is 5. The summed E-state index contributed by atoms with van der Waals surface area (Å²) in [4.78, 5) is 2.27. The maximum atomic E-state index is 5.36. The van der Waals surface area contributed by atoms with Gasteiger partial charge < -0.3 is 14.6 Å². The summed E-state index contributed by atoms with van der Waals surface area (Å²) in [5.41, 5.74) is 0.971. The topological polar surface area (TPSA) is 50.5 Å². The van der Waals surface area contributed by atoms with Crippen molar-refractivity contribution < 1.29 is 9.26 Å². The molecule has 0 unspecified atom stereocenters. The summed E-state index contributed by atoms with van der Waals surface area (Å²) in [7, 11) is 1.72. The predicted octanol–water partition coefficient (Wildman–Crippen LogP) is 1.89. The molecule has 0 fully saturated rings. The van der Waals surface area contributed by atoms with E-state index in [2.05, 4.69) is 36.1 Å². The second-order valence-corrected chi connectivity index (χ2v) is 5.17. The van der Waals surface area contributed by atoms with Crippen LogP contribution in [0.5, 0.6) is 0 Å². The van der Waals surface area contributed by atoms with Crippen molar-refractivity contribution in [3.8, 4) is 0 Å². The van der Waals surface area contributed by atoms with Gasteiger partial charge in [0.1, 0.15) is 0 Å². The minimum absolute atomic E-state index is 0.649. The molecule has 1 aromatic rings. The quantitative estimate of drug-likeness (QED) is 0.703. The van der Waals surface area contributed by atoms with Crippen LogP contribution in [-0.4, -0.2) is 43.4 Å². The van der Waals surface area contributed by atoms with E-state index in [1.165, 1.54) is 0 Å². The van der Waals surface area contributed by atoms with Crippen LogP contribution in [0.15, 0.2) is 10.6 Å². The minimum atomic E-state index is 0.649. The fraction of sp³-hybridized carbons (Fsp3) is 0.786. The Kier molecular flexibility index (Phi) is 7.70. The first kappa shape index (κ1) is 16.1. The number of nitrogens with zero attached hydrogens (tertiary/aromatic N) is 2. The molecule has 0 aliphatic heterocycles. The number of aromatic nitrogens is 1. The highest BCUT2D eigenvalue weighted by Gasteiger charge is 2.09. The Hall–Kier alpha value is -0.910. The molecular weight excluding hydrogens is 242 g/mol. The average molecular weight is 269 g/mol. The molecule has 0 aromatic carbocycles. The van der Waals surface area contributed by atoms with Crippen LogP contribution in [-0.2, 0) is 17.8 Å². The maximum Gasteiger partial charge on any atom is 0.151 e. The highest BCUT2D eigenvalue weighted by molar-refractivity contribution is 5.05. The highest BCUT2D eigenvalue weighted by atomic mass is 16.5. The standard InChI is InChI=1S/C14H27N3O2/c1-5-17(6-7-18-4)11-14-8-13(16-19-14)10-15-9-12(2)3/h8,12,15H,5-7,9-11H2,1-4H3. The third-order valence-corrected chi connectivity index (χ3v) is 2.90. The Bertz CT molecular complexity index is 339. The number of methoxy groups -OCH3 is 1. The van der Waals surface area contributed by atoms with E-state index in [1.54, 1.807) is 7.11 Å². The molecule has 5 heteroatoms. The molecule has 0 amide bonds. The van der Waals surface area contributed by atoms with Gasteiger partial charge in [0.2, 0.25) is 0 Å². The Balaban J connectivity index is 2.36. The molecule has 1 N–H and O–H groups in total. The lowest BCUT2D eigenvalue weighted by atomic mass is 10.2. The van der Waals surface area contributed by atoms with Gasteiger partial charge in [-0.05, 0) is 19.0 Å². The Morgan fingerprint density at radius 2 is 2.26 bits per heavy atom. The predicted molar refractivity (Wildman–Crippen MR) is 75.9 cm³/mol. The van der Waals surface area contributed by atoms with Crippen molar-refractivity contribution >= 4 is 0 Å². The molecule has 0 aliphatic carbocycles. The van der Waals surface area contributed by atoms with Gasteiger partial charge in [0.05, 0.1) is 18.8 Å². The second-order valence-electron chi connectivity index (χ2n) is 5.17. The normalized spacial score (nSPS) is 11.7. The fourth-order valence-corrected chi connectivity index (χ4v) is 1.79. The Labute approximate surface area is 116 Å². The largest absolute Gasteiger partial charge is 0.383 e. The summed E-state index contributed by atoms with van der Waals surface area (Å²) in [6, 6.07) is 2.03. The Morgan fingerprint density at radius 3 is 2.89 bits per heavy atom. The summed E-state index contributed by atoms with van der Waals surface area (Å²) in [6.45, 7) is 11.7. The van der Waals surface area contributed by atoms with Gasteiger partial charge in [-0.1, -0.05) is 25.9 Å². The summed E-state index contributed by atoms with van der Waals surface area (Å²) in [5.74, 6) is 1.57. The summed E-state index contributed by atoms with van der Waals surface area (Å²) in [6.07, 6.45) is 0. The molecule has 0 aliphatic rings. The van der Waals surface area contributed by atoms with E-state index in [0.717, 1.165) is 50.8 Å². The van der Waals surface area contributed by atoms with Crippen LogP contribution in [0.4, 0.5) is 0 Å². The van der Waals surface area contributed by atoms with Gasteiger partial charge in [-0.15, -0.1) is 0 Å². The zero-order valence-corrected chi connectivity index (χ0v) is 12.6. The molecule has 0 spiro atoms. The molecule has 1 rings (SSSR count). The van der Waals surface area contributed by atoms with Crippen LogP contribution in [0.1, 0.15) is 32.2 Å². The highest BCUT2D eigenvalue weighted by Crippen LogP contribution is 2.07. The van der Waals surface area contributed by atoms with Crippen molar-refractivity contribution in [1.82, 2.24) is 15.4 Å². The van der Waals surface area contributed by atoms with E-state index in [-0.39, 0.29) is 0 Å². The third kappa shape index (κ3) is 6.71. The lowest BCUT2D eigenvalue weighted by Gasteiger charge is -2.17. The van der Waals surface area contributed by atoms with Crippen molar-refractivity contribution in [2.24, 2.45) is 5.92 Å². The molecule has 0 saturated heterocycles. The first-order chi connectivity index (χ1) is 9.15. The first-order valence-corrected chi connectivity index (χ1v) is 7.02. The number of nitrogens with one attached hydrogen (secondary N) is 1. The van der Waals surface area contributed by atoms with E-state index in [0.29, 0.717) is 5.92 Å². The van der Waals surface area contributed by atoms with Crippen molar-refractivity contribution in [3.05, 3.63) is 17.5 Å². The molecule has 0 bridgehead atoms. The molecule has 0 atom stereocenters.